The fraction of sp³-hybridized carbons (Fsp3) is 0.571. The van der Waals surface area contributed by atoms with Crippen molar-refractivity contribution >= 4 is 5.69 Å². The Kier molecular flexibility index (Phi) is 4.02. The molecule has 1 atom stereocenters. The molecule has 2 N–H and O–H groups in total. The summed E-state index contributed by atoms with van der Waals surface area (Å²) in [6.45, 7) is 4.12. The average molecular weight is 235 g/mol. The van der Waals surface area contributed by atoms with Crippen LogP contribution >= 0.6 is 0 Å². The molecule has 0 spiro atoms. The summed E-state index contributed by atoms with van der Waals surface area (Å²) in [7, 11) is 0. The van der Waals surface area contributed by atoms with Crippen molar-refractivity contribution in [3.63, 3.8) is 0 Å². The number of benzene rings is 1. The molecule has 1 aliphatic heterocycles. The summed E-state index contributed by atoms with van der Waals surface area (Å²) in [4.78, 5) is 2.35. The highest BCUT2D eigenvalue weighted by Crippen LogP contribution is 2.24. The van der Waals surface area contributed by atoms with E-state index in [-0.39, 0.29) is 0 Å². The number of aliphatic hydroxyl groups is 2. The van der Waals surface area contributed by atoms with Gasteiger partial charge in [0.2, 0.25) is 0 Å². The molecule has 3 heteroatoms. The Bertz CT molecular complexity index is 340. The van der Waals surface area contributed by atoms with Gasteiger partial charge in [0.05, 0.1) is 6.10 Å². The molecule has 1 fully saturated rings. The topological polar surface area (TPSA) is 43.7 Å². The fourth-order valence-electron chi connectivity index (χ4n) is 2.34. The standard InChI is InChI=1S/C14H21NO2/c1-11(17)13-2-4-14(5-3-13)15-8-6-12(10-16)7-9-15/h2-5,11-12,16-17H,6-10H2,1H3/t11-/m1/s1. The maximum atomic E-state index is 9.45. The molecule has 17 heavy (non-hydrogen) atoms. The van der Waals surface area contributed by atoms with Crippen LogP contribution in [0.1, 0.15) is 31.4 Å². The first-order valence-electron chi connectivity index (χ1n) is 6.34. The average Bonchev–Trinajstić information content (AvgIpc) is 2.39. The third-order valence-electron chi connectivity index (χ3n) is 3.61. The van der Waals surface area contributed by atoms with E-state index in [0.717, 1.165) is 31.5 Å². The first kappa shape index (κ1) is 12.4. The predicted octanol–water partition coefficient (Wildman–Crippen LogP) is 1.95. The smallest absolute Gasteiger partial charge is 0.0761 e. The molecular formula is C14H21NO2. The molecule has 1 aromatic rings. The van der Waals surface area contributed by atoms with Crippen LogP contribution in [0.3, 0.4) is 0 Å². The van der Waals surface area contributed by atoms with Crippen molar-refractivity contribution in [1.29, 1.82) is 0 Å². The molecule has 0 amide bonds. The molecule has 94 valence electrons. The van der Waals surface area contributed by atoms with Crippen LogP contribution in [0.15, 0.2) is 24.3 Å². The van der Waals surface area contributed by atoms with E-state index in [1.165, 1.54) is 5.69 Å². The normalized spacial score (nSPS) is 19.4. The van der Waals surface area contributed by atoms with Crippen LogP contribution in [0, 0.1) is 5.92 Å². The second-order valence-corrected chi connectivity index (χ2v) is 4.88. The molecule has 0 bridgehead atoms. The van der Waals surface area contributed by atoms with Gasteiger partial charge < -0.3 is 15.1 Å². The fourth-order valence-corrected chi connectivity index (χ4v) is 2.34. The highest BCUT2D eigenvalue weighted by Gasteiger charge is 2.18. The quantitative estimate of drug-likeness (QED) is 0.841. The van der Waals surface area contributed by atoms with Crippen LogP contribution in [-0.4, -0.2) is 29.9 Å². The third-order valence-corrected chi connectivity index (χ3v) is 3.61. The van der Waals surface area contributed by atoms with E-state index in [2.05, 4.69) is 17.0 Å². The van der Waals surface area contributed by atoms with Gasteiger partial charge in [-0.05, 0) is 43.4 Å². The summed E-state index contributed by atoms with van der Waals surface area (Å²) in [5, 5.41) is 18.5. The first-order valence-corrected chi connectivity index (χ1v) is 6.34. The zero-order valence-corrected chi connectivity index (χ0v) is 10.3. The van der Waals surface area contributed by atoms with Crippen molar-refractivity contribution in [3.8, 4) is 0 Å². The maximum absolute atomic E-state index is 9.45. The van der Waals surface area contributed by atoms with Crippen molar-refractivity contribution < 1.29 is 10.2 Å². The molecule has 3 nitrogen and oxygen atoms in total. The zero-order valence-electron chi connectivity index (χ0n) is 10.3. The van der Waals surface area contributed by atoms with Gasteiger partial charge in [-0.15, -0.1) is 0 Å². The van der Waals surface area contributed by atoms with Crippen molar-refractivity contribution in [2.75, 3.05) is 24.6 Å². The highest BCUT2D eigenvalue weighted by atomic mass is 16.3. The van der Waals surface area contributed by atoms with Gasteiger partial charge in [-0.1, -0.05) is 12.1 Å². The van der Waals surface area contributed by atoms with Gasteiger partial charge in [0, 0.05) is 25.4 Å². The summed E-state index contributed by atoms with van der Waals surface area (Å²) < 4.78 is 0. The molecule has 0 unspecified atom stereocenters. The second-order valence-electron chi connectivity index (χ2n) is 4.88. The van der Waals surface area contributed by atoms with Crippen molar-refractivity contribution in [2.24, 2.45) is 5.92 Å². The zero-order chi connectivity index (χ0) is 12.3. The Balaban J connectivity index is 1.99. The highest BCUT2D eigenvalue weighted by molar-refractivity contribution is 5.48. The van der Waals surface area contributed by atoms with E-state index in [9.17, 15) is 5.11 Å². The minimum atomic E-state index is -0.399. The van der Waals surface area contributed by atoms with E-state index in [0.29, 0.717) is 12.5 Å². The Labute approximate surface area is 103 Å². The van der Waals surface area contributed by atoms with Crippen LogP contribution < -0.4 is 4.90 Å². The Morgan fingerprint density at radius 2 is 1.82 bits per heavy atom. The Morgan fingerprint density at radius 1 is 1.24 bits per heavy atom. The van der Waals surface area contributed by atoms with Crippen LogP contribution in [0.4, 0.5) is 5.69 Å². The molecule has 1 aromatic carbocycles. The lowest BCUT2D eigenvalue weighted by atomic mass is 9.97. The van der Waals surface area contributed by atoms with Crippen molar-refractivity contribution in [3.05, 3.63) is 29.8 Å². The number of hydrogen-bond donors (Lipinski definition) is 2. The molecule has 1 aliphatic rings. The largest absolute Gasteiger partial charge is 0.396 e. The predicted molar refractivity (Wildman–Crippen MR) is 69.1 cm³/mol. The maximum Gasteiger partial charge on any atom is 0.0761 e. The number of rotatable bonds is 3. The number of piperidine rings is 1. The van der Waals surface area contributed by atoms with E-state index in [4.69, 9.17) is 5.11 Å². The summed E-state index contributed by atoms with van der Waals surface area (Å²) in [6, 6.07) is 8.11. The molecule has 0 aliphatic carbocycles. The number of anilines is 1. The van der Waals surface area contributed by atoms with Gasteiger partial charge in [-0.3, -0.25) is 0 Å². The van der Waals surface area contributed by atoms with Crippen molar-refractivity contribution in [2.45, 2.75) is 25.9 Å². The third kappa shape index (κ3) is 2.99. The number of hydrogen-bond acceptors (Lipinski definition) is 3. The number of nitrogens with zero attached hydrogens (tertiary/aromatic N) is 1. The van der Waals surface area contributed by atoms with Gasteiger partial charge in [-0.25, -0.2) is 0 Å². The summed E-state index contributed by atoms with van der Waals surface area (Å²) >= 11 is 0. The lowest BCUT2D eigenvalue weighted by Crippen LogP contribution is -2.34. The van der Waals surface area contributed by atoms with Crippen LogP contribution in [-0.2, 0) is 0 Å². The minimum Gasteiger partial charge on any atom is -0.396 e. The van der Waals surface area contributed by atoms with Crippen molar-refractivity contribution in [1.82, 2.24) is 0 Å². The van der Waals surface area contributed by atoms with Gasteiger partial charge in [0.15, 0.2) is 0 Å². The Morgan fingerprint density at radius 3 is 2.29 bits per heavy atom. The van der Waals surface area contributed by atoms with Crippen LogP contribution in [0.2, 0.25) is 0 Å². The van der Waals surface area contributed by atoms with Gasteiger partial charge >= 0.3 is 0 Å². The second kappa shape index (κ2) is 5.52. The van der Waals surface area contributed by atoms with E-state index in [1.807, 2.05) is 12.1 Å². The van der Waals surface area contributed by atoms with E-state index >= 15 is 0 Å². The van der Waals surface area contributed by atoms with E-state index < -0.39 is 6.10 Å². The minimum absolute atomic E-state index is 0.314. The first-order chi connectivity index (χ1) is 8.20. The molecule has 0 saturated carbocycles. The lowest BCUT2D eigenvalue weighted by molar-refractivity contribution is 0.199. The molecule has 1 heterocycles. The Hall–Kier alpha value is -1.06. The summed E-state index contributed by atoms with van der Waals surface area (Å²) in [5.74, 6) is 0.475. The molecule has 0 aromatic heterocycles. The SMILES string of the molecule is C[C@@H](O)c1ccc(N2CCC(CO)CC2)cc1. The molecule has 2 rings (SSSR count). The summed E-state index contributed by atoms with van der Waals surface area (Å²) in [5.41, 5.74) is 2.17. The van der Waals surface area contributed by atoms with Gasteiger partial charge in [0.25, 0.3) is 0 Å². The van der Waals surface area contributed by atoms with Gasteiger partial charge in [-0.2, -0.15) is 0 Å². The monoisotopic (exact) mass is 235 g/mol. The summed E-state index contributed by atoms with van der Waals surface area (Å²) in [6.07, 6.45) is 1.73. The molecular weight excluding hydrogens is 214 g/mol. The van der Waals surface area contributed by atoms with E-state index in [1.54, 1.807) is 6.92 Å². The molecule has 1 saturated heterocycles. The van der Waals surface area contributed by atoms with Crippen LogP contribution in [0.25, 0.3) is 0 Å². The lowest BCUT2D eigenvalue weighted by Gasteiger charge is -2.33. The van der Waals surface area contributed by atoms with Gasteiger partial charge in [0.1, 0.15) is 0 Å². The number of aliphatic hydroxyl groups excluding tert-OH is 2. The molecule has 0 radical (unpaired) electrons. The van der Waals surface area contributed by atoms with Crippen LogP contribution in [0.5, 0.6) is 0 Å².